The van der Waals surface area contributed by atoms with Gasteiger partial charge >= 0.3 is 0 Å². The molecular weight excluding hydrogens is 360 g/mol. The first-order chi connectivity index (χ1) is 14.0. The number of piperidine rings is 1. The van der Waals surface area contributed by atoms with E-state index in [9.17, 15) is 10.2 Å². The number of nitrogens with zero attached hydrogens (tertiary/aromatic N) is 1. The Morgan fingerprint density at radius 3 is 2.28 bits per heavy atom. The summed E-state index contributed by atoms with van der Waals surface area (Å²) in [6, 6.07) is 9.51. The van der Waals surface area contributed by atoms with Crippen molar-refractivity contribution in [3.05, 3.63) is 72.3 Å². The molecule has 154 valence electrons. The first-order valence-corrected chi connectivity index (χ1v) is 10.4. The van der Waals surface area contributed by atoms with Gasteiger partial charge < -0.3 is 15.9 Å². The van der Waals surface area contributed by atoms with Crippen molar-refractivity contribution in [2.24, 2.45) is 11.7 Å². The van der Waals surface area contributed by atoms with Crippen LogP contribution in [0, 0.1) is 5.92 Å². The summed E-state index contributed by atoms with van der Waals surface area (Å²) in [5, 5.41) is 21.6. The van der Waals surface area contributed by atoms with Crippen molar-refractivity contribution >= 4 is 0 Å². The number of benzene rings is 2. The third-order valence-electron chi connectivity index (χ3n) is 5.79. The van der Waals surface area contributed by atoms with E-state index in [0.717, 1.165) is 49.2 Å². The van der Waals surface area contributed by atoms with E-state index in [1.54, 1.807) is 6.07 Å². The molecule has 1 heterocycles. The Morgan fingerprint density at radius 1 is 0.966 bits per heavy atom. The zero-order valence-electron chi connectivity index (χ0n) is 17.1. The van der Waals surface area contributed by atoms with Crippen molar-refractivity contribution in [1.29, 1.82) is 0 Å². The van der Waals surface area contributed by atoms with Crippen LogP contribution in [0.15, 0.2) is 55.6 Å². The largest absolute Gasteiger partial charge is 0.507 e. The molecule has 0 amide bonds. The van der Waals surface area contributed by atoms with Gasteiger partial charge in [0.2, 0.25) is 0 Å². The Kier molecular flexibility index (Phi) is 7.13. The molecule has 0 atom stereocenters. The summed E-state index contributed by atoms with van der Waals surface area (Å²) in [6.07, 6.45) is 7.31. The van der Waals surface area contributed by atoms with Crippen LogP contribution in [0.4, 0.5) is 0 Å². The van der Waals surface area contributed by atoms with E-state index in [4.69, 9.17) is 5.73 Å². The monoisotopic (exact) mass is 392 g/mol. The van der Waals surface area contributed by atoms with Gasteiger partial charge in [-0.3, -0.25) is 4.90 Å². The number of nitrogens with two attached hydrogens (primary N) is 1. The Morgan fingerprint density at radius 2 is 1.62 bits per heavy atom. The minimum atomic E-state index is 0.165. The van der Waals surface area contributed by atoms with Gasteiger partial charge in [0.05, 0.1) is 0 Å². The number of phenols is 2. The fourth-order valence-electron chi connectivity index (χ4n) is 4.08. The van der Waals surface area contributed by atoms with Crippen molar-refractivity contribution in [1.82, 2.24) is 4.90 Å². The zero-order valence-corrected chi connectivity index (χ0v) is 17.1. The van der Waals surface area contributed by atoms with Gasteiger partial charge in [0.15, 0.2) is 0 Å². The van der Waals surface area contributed by atoms with E-state index < -0.39 is 0 Å². The number of likely N-dealkylation sites (tertiary alicyclic amines) is 1. The second kappa shape index (κ2) is 9.77. The van der Waals surface area contributed by atoms with Crippen molar-refractivity contribution < 1.29 is 10.2 Å². The van der Waals surface area contributed by atoms with Crippen LogP contribution in [0.2, 0.25) is 0 Å². The molecule has 0 spiro atoms. The van der Waals surface area contributed by atoms with Crippen LogP contribution >= 0.6 is 0 Å². The fraction of sp³-hybridized carbons (Fsp3) is 0.360. The van der Waals surface area contributed by atoms with Crippen LogP contribution in [0.1, 0.15) is 29.5 Å². The highest BCUT2D eigenvalue weighted by molar-refractivity contribution is 5.78. The molecule has 2 aromatic rings. The van der Waals surface area contributed by atoms with Gasteiger partial charge in [-0.1, -0.05) is 24.3 Å². The van der Waals surface area contributed by atoms with E-state index in [-0.39, 0.29) is 11.5 Å². The molecule has 4 heteroatoms. The number of hydrogen-bond donors (Lipinski definition) is 3. The van der Waals surface area contributed by atoms with E-state index in [1.807, 2.05) is 30.4 Å². The van der Waals surface area contributed by atoms with Crippen LogP contribution in [-0.2, 0) is 19.4 Å². The van der Waals surface area contributed by atoms with Gasteiger partial charge in [-0.05, 0) is 80.6 Å². The lowest BCUT2D eigenvalue weighted by Crippen LogP contribution is -2.35. The van der Waals surface area contributed by atoms with Crippen molar-refractivity contribution in [2.45, 2.75) is 32.2 Å². The minimum Gasteiger partial charge on any atom is -0.507 e. The molecule has 0 bridgehead atoms. The van der Waals surface area contributed by atoms with Crippen molar-refractivity contribution in [3.63, 3.8) is 0 Å². The lowest BCUT2D eigenvalue weighted by molar-refractivity contribution is 0.179. The molecule has 0 aliphatic carbocycles. The standard InChI is InChI=1S/C25H32N2O2/c1-3-5-18-7-8-24(28)22(14-18)23-15-20(6-4-2)13-21(25(23)29)17-27-11-9-19(16-26)10-12-27/h3-4,7-8,13-15,19,28-29H,1-2,5-6,9-12,16-17,26H2. The van der Waals surface area contributed by atoms with Gasteiger partial charge in [-0.15, -0.1) is 13.2 Å². The minimum absolute atomic E-state index is 0.165. The fourth-order valence-corrected chi connectivity index (χ4v) is 4.08. The molecule has 1 fully saturated rings. The quantitative estimate of drug-likeness (QED) is 0.583. The van der Waals surface area contributed by atoms with E-state index >= 15 is 0 Å². The number of allylic oxidation sites excluding steroid dienone is 2. The van der Waals surface area contributed by atoms with Crippen molar-refractivity contribution in [2.75, 3.05) is 19.6 Å². The highest BCUT2D eigenvalue weighted by Crippen LogP contribution is 2.39. The number of aromatic hydroxyl groups is 2. The second-order valence-electron chi connectivity index (χ2n) is 7.94. The molecular formula is C25H32N2O2. The Balaban J connectivity index is 1.97. The highest BCUT2D eigenvalue weighted by atomic mass is 16.3. The molecule has 4 N–H and O–H groups in total. The molecule has 0 saturated carbocycles. The molecule has 1 aliphatic heterocycles. The van der Waals surface area contributed by atoms with Crippen LogP contribution in [0.3, 0.4) is 0 Å². The first-order valence-electron chi connectivity index (χ1n) is 10.4. The molecule has 0 unspecified atom stereocenters. The van der Waals surface area contributed by atoms with E-state index in [0.29, 0.717) is 36.4 Å². The van der Waals surface area contributed by atoms with Crippen LogP contribution in [0.25, 0.3) is 11.1 Å². The molecule has 2 aromatic carbocycles. The molecule has 3 rings (SSSR count). The normalized spacial score (nSPS) is 15.3. The lowest BCUT2D eigenvalue weighted by atomic mass is 9.93. The predicted molar refractivity (Wildman–Crippen MR) is 120 cm³/mol. The maximum atomic E-state index is 11.1. The maximum Gasteiger partial charge on any atom is 0.128 e. The average Bonchev–Trinajstić information content (AvgIpc) is 2.73. The molecule has 29 heavy (non-hydrogen) atoms. The summed E-state index contributed by atoms with van der Waals surface area (Å²) in [7, 11) is 0. The third kappa shape index (κ3) is 5.08. The van der Waals surface area contributed by atoms with Crippen LogP contribution in [-0.4, -0.2) is 34.7 Å². The zero-order chi connectivity index (χ0) is 20.8. The summed E-state index contributed by atoms with van der Waals surface area (Å²) in [4.78, 5) is 2.37. The van der Waals surface area contributed by atoms with E-state index in [1.165, 1.54) is 0 Å². The van der Waals surface area contributed by atoms with Gasteiger partial charge in [-0.25, -0.2) is 0 Å². The smallest absolute Gasteiger partial charge is 0.128 e. The van der Waals surface area contributed by atoms with Gasteiger partial charge in [0, 0.05) is 23.2 Å². The third-order valence-corrected chi connectivity index (χ3v) is 5.79. The van der Waals surface area contributed by atoms with Crippen LogP contribution in [0.5, 0.6) is 11.5 Å². The summed E-state index contributed by atoms with van der Waals surface area (Å²) < 4.78 is 0. The Hall–Kier alpha value is -2.56. The lowest BCUT2D eigenvalue weighted by Gasteiger charge is -2.31. The van der Waals surface area contributed by atoms with Gasteiger partial charge in [-0.2, -0.15) is 0 Å². The Labute approximate surface area is 174 Å². The van der Waals surface area contributed by atoms with Gasteiger partial charge in [0.25, 0.3) is 0 Å². The first kappa shape index (κ1) is 21.2. The predicted octanol–water partition coefficient (Wildman–Crippen LogP) is 4.39. The van der Waals surface area contributed by atoms with E-state index in [2.05, 4.69) is 24.1 Å². The summed E-state index contributed by atoms with van der Waals surface area (Å²) in [5.41, 5.74) is 10.1. The SMILES string of the molecule is C=CCc1ccc(O)c(-c2cc(CC=C)cc(CN3CCC(CN)CC3)c2O)c1. The topological polar surface area (TPSA) is 69.7 Å². The van der Waals surface area contributed by atoms with Crippen LogP contribution < -0.4 is 5.73 Å². The van der Waals surface area contributed by atoms with Crippen molar-refractivity contribution in [3.8, 4) is 22.6 Å². The summed E-state index contributed by atoms with van der Waals surface area (Å²) in [5.74, 6) is 1.01. The number of hydrogen-bond acceptors (Lipinski definition) is 4. The maximum absolute atomic E-state index is 11.1. The molecule has 1 aliphatic rings. The molecule has 1 saturated heterocycles. The molecule has 0 aromatic heterocycles. The number of phenolic OH excluding ortho intramolecular Hbond substituents is 2. The second-order valence-corrected chi connectivity index (χ2v) is 7.94. The van der Waals surface area contributed by atoms with Gasteiger partial charge in [0.1, 0.15) is 11.5 Å². The molecule has 4 nitrogen and oxygen atoms in total. The average molecular weight is 393 g/mol. The highest BCUT2D eigenvalue weighted by Gasteiger charge is 2.21. The summed E-state index contributed by atoms with van der Waals surface area (Å²) >= 11 is 0. The number of rotatable bonds is 8. The Bertz CT molecular complexity index is 867. The molecule has 0 radical (unpaired) electrons. The summed E-state index contributed by atoms with van der Waals surface area (Å²) in [6.45, 7) is 11.1.